The fourth-order valence-electron chi connectivity index (χ4n) is 3.57. The topological polar surface area (TPSA) is 63.4 Å². The summed E-state index contributed by atoms with van der Waals surface area (Å²) in [5.74, 6) is 0.655. The van der Waals surface area contributed by atoms with Gasteiger partial charge in [-0.05, 0) is 53.5 Å². The highest BCUT2D eigenvalue weighted by Crippen LogP contribution is 2.56. The van der Waals surface area contributed by atoms with Crippen LogP contribution in [-0.2, 0) is 10.0 Å². The Labute approximate surface area is 156 Å². The van der Waals surface area contributed by atoms with Gasteiger partial charge in [-0.25, -0.2) is 17.9 Å². The van der Waals surface area contributed by atoms with Gasteiger partial charge in [-0.3, -0.25) is 0 Å². The normalized spacial score (nSPS) is 25.3. The summed E-state index contributed by atoms with van der Waals surface area (Å²) in [6.07, 6.45) is 1.06. The molecule has 0 amide bonds. The fourth-order valence-corrected chi connectivity index (χ4v) is 5.46. The van der Waals surface area contributed by atoms with Gasteiger partial charge in [-0.1, -0.05) is 24.3 Å². The molecule has 0 radical (unpaired) electrons. The van der Waals surface area contributed by atoms with Crippen molar-refractivity contribution < 1.29 is 12.8 Å². The van der Waals surface area contributed by atoms with Crippen molar-refractivity contribution >= 4 is 27.5 Å². The van der Waals surface area contributed by atoms with Crippen LogP contribution in [0.2, 0.25) is 0 Å². The summed E-state index contributed by atoms with van der Waals surface area (Å²) >= 11 is 1.76. The molecule has 2 aromatic carbocycles. The van der Waals surface area contributed by atoms with Gasteiger partial charge < -0.3 is 4.90 Å². The molecule has 1 fully saturated rings. The first kappa shape index (κ1) is 17.6. The Hall–Kier alpha value is -1.83. The smallest absolute Gasteiger partial charge is 0.238 e. The van der Waals surface area contributed by atoms with Gasteiger partial charge in [-0.15, -0.1) is 11.8 Å². The van der Waals surface area contributed by atoms with Crippen LogP contribution < -0.4 is 5.14 Å². The number of hydrogen-bond acceptors (Lipinski definition) is 4. The first-order chi connectivity index (χ1) is 12.3. The Bertz CT molecular complexity index is 973. The van der Waals surface area contributed by atoms with Crippen molar-refractivity contribution in [3.8, 4) is 0 Å². The number of halogens is 1. The molecule has 0 spiro atoms. The molecule has 26 heavy (non-hydrogen) atoms. The average molecular weight is 391 g/mol. The maximum atomic E-state index is 13.5. The van der Waals surface area contributed by atoms with E-state index in [1.165, 1.54) is 6.07 Å². The maximum absolute atomic E-state index is 13.5. The minimum absolute atomic E-state index is 0.140. The lowest BCUT2D eigenvalue weighted by molar-refractivity contribution is 0.418. The second kappa shape index (κ2) is 6.40. The summed E-state index contributed by atoms with van der Waals surface area (Å²) in [6, 6.07) is 13.5. The van der Waals surface area contributed by atoms with Gasteiger partial charge in [0, 0.05) is 12.6 Å². The lowest BCUT2D eigenvalue weighted by Gasteiger charge is -2.25. The Morgan fingerprint density at radius 1 is 1.19 bits per heavy atom. The number of sulfonamides is 1. The molecule has 0 saturated heterocycles. The molecule has 4 nitrogen and oxygen atoms in total. The molecule has 3 atom stereocenters. The molecule has 1 saturated carbocycles. The zero-order valence-corrected chi connectivity index (χ0v) is 15.8. The van der Waals surface area contributed by atoms with E-state index in [9.17, 15) is 12.8 Å². The van der Waals surface area contributed by atoms with E-state index in [1.54, 1.807) is 36.0 Å². The van der Waals surface area contributed by atoms with E-state index in [0.717, 1.165) is 23.2 Å². The summed E-state index contributed by atoms with van der Waals surface area (Å²) in [5.41, 5.74) is 3.06. The van der Waals surface area contributed by atoms with E-state index < -0.39 is 10.0 Å². The van der Waals surface area contributed by atoms with Crippen molar-refractivity contribution in [2.24, 2.45) is 11.1 Å². The minimum atomic E-state index is -3.66. The van der Waals surface area contributed by atoms with Crippen LogP contribution in [0.3, 0.4) is 0 Å². The molecule has 7 heteroatoms. The predicted octanol–water partition coefficient (Wildman–Crippen LogP) is 3.58. The standard InChI is InChI=1S/C19H19FN2O2S2/c1-22-18(13-3-2-4-14(20)9-13)11-25-19(22)17-10-16(17)12-5-7-15(8-6-12)26(21,23)24/h2-9,11,16-17,19H,10H2,1H3,(H2,21,23,24)/t16-,17+,19?/m0/s1. The summed E-state index contributed by atoms with van der Waals surface area (Å²) in [7, 11) is -1.61. The predicted molar refractivity (Wildman–Crippen MR) is 102 cm³/mol. The first-order valence-electron chi connectivity index (χ1n) is 8.32. The van der Waals surface area contributed by atoms with Crippen LogP contribution in [0, 0.1) is 11.7 Å². The lowest BCUT2D eigenvalue weighted by Crippen LogP contribution is -2.25. The highest BCUT2D eigenvalue weighted by molar-refractivity contribution is 8.03. The van der Waals surface area contributed by atoms with Crippen LogP contribution in [0.15, 0.2) is 58.8 Å². The number of benzene rings is 2. The van der Waals surface area contributed by atoms with Crippen LogP contribution in [0.5, 0.6) is 0 Å². The van der Waals surface area contributed by atoms with Crippen LogP contribution in [0.4, 0.5) is 4.39 Å². The summed E-state index contributed by atoms with van der Waals surface area (Å²) in [6.45, 7) is 0. The molecular formula is C19H19FN2O2S2. The molecule has 1 heterocycles. The molecule has 2 aliphatic rings. The third-order valence-electron chi connectivity index (χ3n) is 5.04. The summed E-state index contributed by atoms with van der Waals surface area (Å²) < 4.78 is 36.3. The van der Waals surface area contributed by atoms with Gasteiger partial charge in [0.2, 0.25) is 10.0 Å². The van der Waals surface area contributed by atoms with Gasteiger partial charge in [-0.2, -0.15) is 0 Å². The molecule has 1 unspecified atom stereocenters. The van der Waals surface area contributed by atoms with Crippen LogP contribution in [-0.4, -0.2) is 25.7 Å². The first-order valence-corrected chi connectivity index (χ1v) is 10.8. The zero-order chi connectivity index (χ0) is 18.5. The molecule has 1 aliphatic heterocycles. The molecule has 2 N–H and O–H groups in total. The highest BCUT2D eigenvalue weighted by Gasteiger charge is 2.47. The Morgan fingerprint density at radius 2 is 1.92 bits per heavy atom. The number of primary sulfonamides is 1. The van der Waals surface area contributed by atoms with Crippen molar-refractivity contribution in [3.05, 3.63) is 70.9 Å². The Balaban J connectivity index is 1.46. The number of hydrogen-bond donors (Lipinski definition) is 1. The Morgan fingerprint density at radius 3 is 2.58 bits per heavy atom. The van der Waals surface area contributed by atoms with E-state index in [4.69, 9.17) is 5.14 Å². The van der Waals surface area contributed by atoms with E-state index in [2.05, 4.69) is 10.3 Å². The SMILES string of the molecule is CN1C(c2cccc(F)c2)=CSC1[C@@H]1C[C@H]1c1ccc(S(N)(=O)=O)cc1. The lowest BCUT2D eigenvalue weighted by atomic mass is 10.1. The molecule has 1 aliphatic carbocycles. The van der Waals surface area contributed by atoms with E-state index in [0.29, 0.717) is 17.2 Å². The molecule has 0 aromatic heterocycles. The molecule has 4 rings (SSSR count). The number of nitrogens with two attached hydrogens (primary N) is 1. The van der Waals surface area contributed by atoms with Crippen molar-refractivity contribution in [1.29, 1.82) is 0 Å². The van der Waals surface area contributed by atoms with Crippen molar-refractivity contribution in [3.63, 3.8) is 0 Å². The van der Waals surface area contributed by atoms with E-state index in [-0.39, 0.29) is 10.7 Å². The van der Waals surface area contributed by atoms with Gasteiger partial charge in [0.25, 0.3) is 0 Å². The van der Waals surface area contributed by atoms with Crippen molar-refractivity contribution in [1.82, 2.24) is 4.90 Å². The van der Waals surface area contributed by atoms with Crippen LogP contribution in [0.1, 0.15) is 23.5 Å². The van der Waals surface area contributed by atoms with Gasteiger partial charge in [0.1, 0.15) is 5.82 Å². The van der Waals surface area contributed by atoms with Crippen molar-refractivity contribution in [2.75, 3.05) is 7.05 Å². The van der Waals surface area contributed by atoms with Gasteiger partial charge in [0.15, 0.2) is 0 Å². The molecule has 0 bridgehead atoms. The second-order valence-electron chi connectivity index (χ2n) is 6.77. The fraction of sp³-hybridized carbons (Fsp3) is 0.263. The molecular weight excluding hydrogens is 371 g/mol. The van der Waals surface area contributed by atoms with E-state index >= 15 is 0 Å². The maximum Gasteiger partial charge on any atom is 0.238 e. The molecule has 2 aromatic rings. The summed E-state index contributed by atoms with van der Waals surface area (Å²) in [4.78, 5) is 2.35. The minimum Gasteiger partial charge on any atom is -0.361 e. The average Bonchev–Trinajstić information content (AvgIpc) is 3.29. The van der Waals surface area contributed by atoms with Crippen molar-refractivity contribution in [2.45, 2.75) is 22.6 Å². The monoisotopic (exact) mass is 390 g/mol. The Kier molecular flexibility index (Phi) is 4.33. The largest absolute Gasteiger partial charge is 0.361 e. The number of thioether (sulfide) groups is 1. The zero-order valence-electron chi connectivity index (χ0n) is 14.2. The summed E-state index contributed by atoms with van der Waals surface area (Å²) in [5, 5.41) is 7.55. The van der Waals surface area contributed by atoms with Crippen LogP contribution in [0.25, 0.3) is 5.70 Å². The second-order valence-corrected chi connectivity index (χ2v) is 9.32. The highest BCUT2D eigenvalue weighted by atomic mass is 32.2. The number of nitrogens with zero attached hydrogens (tertiary/aromatic N) is 1. The van der Waals surface area contributed by atoms with E-state index in [1.807, 2.05) is 25.2 Å². The third-order valence-corrected chi connectivity index (χ3v) is 7.28. The van der Waals surface area contributed by atoms with Gasteiger partial charge >= 0.3 is 0 Å². The van der Waals surface area contributed by atoms with Gasteiger partial charge in [0.05, 0.1) is 16.0 Å². The van der Waals surface area contributed by atoms with Crippen LogP contribution >= 0.6 is 11.8 Å². The quantitative estimate of drug-likeness (QED) is 0.867. The molecule has 136 valence electrons. The third kappa shape index (κ3) is 3.26. The number of rotatable bonds is 4.